The van der Waals surface area contributed by atoms with E-state index in [0.717, 1.165) is 49.2 Å². The molecule has 21 heavy (non-hydrogen) atoms. The van der Waals surface area contributed by atoms with Crippen molar-refractivity contribution >= 4 is 17.5 Å². The molecule has 3 fully saturated rings. The largest absolute Gasteiger partial charge is 0.340 e. The molecule has 1 aliphatic heterocycles. The fourth-order valence-electron chi connectivity index (χ4n) is 3.57. The Balaban J connectivity index is 1.35. The first-order chi connectivity index (χ1) is 10.2. The fraction of sp³-hybridized carbons (Fsp3) is 0.588. The SMILES string of the molecule is O=C(C1CC1c1ccccc1Cl)N1CCN(C2CC2)CC1. The number of nitrogens with zero attached hydrogens (tertiary/aromatic N) is 2. The van der Waals surface area contributed by atoms with Crippen molar-refractivity contribution in [3.05, 3.63) is 34.9 Å². The van der Waals surface area contributed by atoms with Gasteiger partial charge in [-0.2, -0.15) is 0 Å². The molecule has 0 N–H and O–H groups in total. The summed E-state index contributed by atoms with van der Waals surface area (Å²) in [5, 5.41) is 0.802. The van der Waals surface area contributed by atoms with Crippen molar-refractivity contribution in [1.82, 2.24) is 9.80 Å². The maximum Gasteiger partial charge on any atom is 0.226 e. The number of benzene rings is 1. The summed E-state index contributed by atoms with van der Waals surface area (Å²) in [6.45, 7) is 3.92. The third kappa shape index (κ3) is 2.69. The first-order valence-electron chi connectivity index (χ1n) is 8.01. The molecule has 0 aromatic heterocycles. The van der Waals surface area contributed by atoms with Gasteiger partial charge < -0.3 is 4.90 Å². The number of carbonyl (C=O) groups excluding carboxylic acids is 1. The van der Waals surface area contributed by atoms with Crippen molar-refractivity contribution < 1.29 is 4.79 Å². The average molecular weight is 305 g/mol. The number of piperazine rings is 1. The van der Waals surface area contributed by atoms with E-state index in [4.69, 9.17) is 11.6 Å². The number of halogens is 1. The van der Waals surface area contributed by atoms with Crippen LogP contribution >= 0.6 is 11.6 Å². The van der Waals surface area contributed by atoms with Gasteiger partial charge in [0.15, 0.2) is 0 Å². The summed E-state index contributed by atoms with van der Waals surface area (Å²) in [4.78, 5) is 17.2. The van der Waals surface area contributed by atoms with Crippen LogP contribution in [0.1, 0.15) is 30.7 Å². The van der Waals surface area contributed by atoms with E-state index in [9.17, 15) is 4.79 Å². The smallest absolute Gasteiger partial charge is 0.226 e. The molecule has 1 aromatic carbocycles. The van der Waals surface area contributed by atoms with Crippen molar-refractivity contribution in [2.45, 2.75) is 31.2 Å². The van der Waals surface area contributed by atoms with Crippen molar-refractivity contribution in [3.63, 3.8) is 0 Å². The quantitative estimate of drug-likeness (QED) is 0.857. The zero-order chi connectivity index (χ0) is 14.4. The van der Waals surface area contributed by atoms with Gasteiger partial charge in [-0.1, -0.05) is 29.8 Å². The van der Waals surface area contributed by atoms with Crippen molar-refractivity contribution in [1.29, 1.82) is 0 Å². The van der Waals surface area contributed by atoms with Crippen LogP contribution in [0.15, 0.2) is 24.3 Å². The molecule has 0 spiro atoms. The number of carbonyl (C=O) groups is 1. The third-order valence-corrected chi connectivity index (χ3v) is 5.45. The van der Waals surface area contributed by atoms with Crippen molar-refractivity contribution in [3.8, 4) is 0 Å². The van der Waals surface area contributed by atoms with Gasteiger partial charge in [-0.05, 0) is 36.8 Å². The second kappa shape index (κ2) is 5.29. The van der Waals surface area contributed by atoms with Crippen LogP contribution in [0.25, 0.3) is 0 Å². The Morgan fingerprint density at radius 1 is 1.10 bits per heavy atom. The van der Waals surface area contributed by atoms with Crippen LogP contribution in [0.5, 0.6) is 0 Å². The molecule has 1 heterocycles. The molecule has 3 aliphatic rings. The molecule has 3 nitrogen and oxygen atoms in total. The Labute approximate surface area is 130 Å². The molecule has 1 aromatic rings. The van der Waals surface area contributed by atoms with Gasteiger partial charge in [0.2, 0.25) is 5.91 Å². The van der Waals surface area contributed by atoms with Crippen LogP contribution < -0.4 is 0 Å². The lowest BCUT2D eigenvalue weighted by molar-refractivity contribution is -0.134. The van der Waals surface area contributed by atoms with E-state index < -0.39 is 0 Å². The molecule has 2 atom stereocenters. The summed E-state index contributed by atoms with van der Waals surface area (Å²) in [6.07, 6.45) is 3.67. The molecule has 1 amide bonds. The molecule has 4 rings (SSSR count). The Kier molecular flexibility index (Phi) is 3.43. The van der Waals surface area contributed by atoms with Crippen LogP contribution in [0.2, 0.25) is 5.02 Å². The number of hydrogen-bond donors (Lipinski definition) is 0. The summed E-state index contributed by atoms with van der Waals surface area (Å²) in [5.41, 5.74) is 1.15. The minimum absolute atomic E-state index is 0.164. The van der Waals surface area contributed by atoms with E-state index in [-0.39, 0.29) is 5.92 Å². The van der Waals surface area contributed by atoms with Crippen LogP contribution in [0.3, 0.4) is 0 Å². The highest BCUT2D eigenvalue weighted by molar-refractivity contribution is 6.31. The Morgan fingerprint density at radius 3 is 2.48 bits per heavy atom. The molecule has 2 saturated carbocycles. The average Bonchev–Trinajstić information content (AvgIpc) is 3.39. The monoisotopic (exact) mass is 304 g/mol. The standard InChI is InChI=1S/C17H21ClN2O/c18-16-4-2-1-3-13(16)14-11-15(14)17(21)20-9-7-19(8-10-20)12-5-6-12/h1-4,12,14-15H,5-11H2. The first-order valence-corrected chi connectivity index (χ1v) is 8.39. The van der Waals surface area contributed by atoms with Gasteiger partial charge in [0.05, 0.1) is 0 Å². The molecule has 112 valence electrons. The lowest BCUT2D eigenvalue weighted by Crippen LogP contribution is -2.49. The van der Waals surface area contributed by atoms with Gasteiger partial charge in [-0.15, -0.1) is 0 Å². The van der Waals surface area contributed by atoms with Gasteiger partial charge >= 0.3 is 0 Å². The third-order valence-electron chi connectivity index (χ3n) is 5.10. The predicted molar refractivity (Wildman–Crippen MR) is 83.5 cm³/mol. The number of hydrogen-bond acceptors (Lipinski definition) is 2. The lowest BCUT2D eigenvalue weighted by atomic mass is 10.1. The van der Waals surface area contributed by atoms with E-state index in [2.05, 4.69) is 15.9 Å². The zero-order valence-electron chi connectivity index (χ0n) is 12.2. The molecular weight excluding hydrogens is 284 g/mol. The van der Waals surface area contributed by atoms with E-state index in [1.807, 2.05) is 18.2 Å². The van der Waals surface area contributed by atoms with Gasteiger partial charge in [-0.25, -0.2) is 0 Å². The lowest BCUT2D eigenvalue weighted by Gasteiger charge is -2.35. The van der Waals surface area contributed by atoms with E-state index in [1.54, 1.807) is 0 Å². The number of amides is 1. The van der Waals surface area contributed by atoms with Crippen molar-refractivity contribution in [2.24, 2.45) is 5.92 Å². The van der Waals surface area contributed by atoms with E-state index in [1.165, 1.54) is 12.8 Å². The van der Waals surface area contributed by atoms with Crippen LogP contribution in [0, 0.1) is 5.92 Å². The summed E-state index contributed by atoms with van der Waals surface area (Å²) >= 11 is 6.24. The number of rotatable bonds is 3. The topological polar surface area (TPSA) is 23.6 Å². The van der Waals surface area contributed by atoms with Gasteiger partial charge in [0, 0.05) is 43.2 Å². The molecule has 2 unspecified atom stereocenters. The summed E-state index contributed by atoms with van der Waals surface area (Å²) in [5.74, 6) is 0.848. The van der Waals surface area contributed by atoms with Crippen LogP contribution in [-0.2, 0) is 4.79 Å². The summed E-state index contributed by atoms with van der Waals surface area (Å²) in [7, 11) is 0. The molecule has 0 bridgehead atoms. The fourth-order valence-corrected chi connectivity index (χ4v) is 3.84. The van der Waals surface area contributed by atoms with Gasteiger partial charge in [-0.3, -0.25) is 9.69 Å². The Morgan fingerprint density at radius 2 is 1.81 bits per heavy atom. The molecular formula is C17H21ClN2O. The molecule has 0 radical (unpaired) electrons. The maximum atomic E-state index is 12.6. The maximum absolute atomic E-state index is 12.6. The first kappa shape index (κ1) is 13.6. The molecule has 2 aliphatic carbocycles. The highest BCUT2D eigenvalue weighted by Gasteiger charge is 2.47. The van der Waals surface area contributed by atoms with Gasteiger partial charge in [0.1, 0.15) is 0 Å². The van der Waals surface area contributed by atoms with Crippen LogP contribution in [-0.4, -0.2) is 47.9 Å². The van der Waals surface area contributed by atoms with Gasteiger partial charge in [0.25, 0.3) is 0 Å². The second-order valence-electron chi connectivity index (χ2n) is 6.56. The summed E-state index contributed by atoms with van der Waals surface area (Å²) in [6, 6.07) is 8.76. The zero-order valence-corrected chi connectivity index (χ0v) is 12.9. The second-order valence-corrected chi connectivity index (χ2v) is 6.97. The Hall–Kier alpha value is -1.06. The predicted octanol–water partition coefficient (Wildman–Crippen LogP) is 2.75. The minimum Gasteiger partial charge on any atom is -0.340 e. The van der Waals surface area contributed by atoms with E-state index in [0.29, 0.717) is 11.8 Å². The van der Waals surface area contributed by atoms with E-state index >= 15 is 0 Å². The summed E-state index contributed by atoms with van der Waals surface area (Å²) < 4.78 is 0. The minimum atomic E-state index is 0.164. The highest BCUT2D eigenvalue weighted by Crippen LogP contribution is 2.50. The molecule has 1 saturated heterocycles. The van der Waals surface area contributed by atoms with Crippen molar-refractivity contribution in [2.75, 3.05) is 26.2 Å². The molecule has 4 heteroatoms. The Bertz CT molecular complexity index is 549. The van der Waals surface area contributed by atoms with Crippen LogP contribution in [0.4, 0.5) is 0 Å². The highest BCUT2D eigenvalue weighted by atomic mass is 35.5. The normalized spacial score (nSPS) is 29.5.